The summed E-state index contributed by atoms with van der Waals surface area (Å²) in [7, 11) is -8.36. The molecule has 2 aromatic heterocycles. The van der Waals surface area contributed by atoms with Crippen molar-refractivity contribution >= 4 is 82.9 Å². The first kappa shape index (κ1) is 26.8. The number of nitrogens with zero attached hydrogens (tertiary/aromatic N) is 2. The van der Waals surface area contributed by atoms with E-state index < -0.39 is 37.7 Å². The molecule has 194 valence electrons. The Hall–Kier alpha value is -2.30. The van der Waals surface area contributed by atoms with Crippen LogP contribution in [-0.4, -0.2) is 44.7 Å². The molecule has 1 aliphatic rings. The minimum absolute atomic E-state index is 0.0440. The molecule has 1 aromatic carbocycles. The first-order valence-electron chi connectivity index (χ1n) is 10.4. The molecule has 1 amide bonds. The molecule has 0 aliphatic carbocycles. The summed E-state index contributed by atoms with van der Waals surface area (Å²) in [6, 6.07) is 6.33. The van der Waals surface area contributed by atoms with E-state index in [-0.39, 0.29) is 17.4 Å². The Morgan fingerprint density at radius 1 is 1.28 bits per heavy atom. The van der Waals surface area contributed by atoms with Gasteiger partial charge in [-0.05, 0) is 47.9 Å². The van der Waals surface area contributed by atoms with Crippen molar-refractivity contribution in [2.45, 2.75) is 30.5 Å². The molecular weight excluding hydrogens is 574 g/mol. The number of unbranched alkanes of at least 4 members (excludes halogenated alkanes) is 1. The molecule has 2 N–H and O–H groups in total. The SMILES string of the molecule is CC(=O)NS(=O)(=O)C[n+]1c(C=C2Sc3ccc(O)cc3N2CCCCS(=O)(=O)[O-])sc2oc(Cl)cc21. The summed E-state index contributed by atoms with van der Waals surface area (Å²) in [6.45, 7) is 1.45. The third-order valence-corrected chi connectivity index (χ3v) is 9.30. The van der Waals surface area contributed by atoms with Crippen LogP contribution in [0.4, 0.5) is 5.69 Å². The minimum Gasteiger partial charge on any atom is -0.748 e. The second-order valence-corrected chi connectivity index (χ2v) is 13.5. The number of phenols is 1. The van der Waals surface area contributed by atoms with Gasteiger partial charge in [0, 0.05) is 30.2 Å². The van der Waals surface area contributed by atoms with E-state index >= 15 is 0 Å². The third kappa shape index (κ3) is 6.33. The smallest absolute Gasteiger partial charge is 0.296 e. The summed E-state index contributed by atoms with van der Waals surface area (Å²) in [4.78, 5) is 14.4. The molecule has 1 aliphatic heterocycles. The fraction of sp³-hybridized carbons (Fsp3) is 0.300. The van der Waals surface area contributed by atoms with Crippen LogP contribution in [0.2, 0.25) is 5.22 Å². The minimum atomic E-state index is -4.33. The van der Waals surface area contributed by atoms with E-state index in [1.165, 1.54) is 28.5 Å². The topological polar surface area (TPSA) is 161 Å². The molecule has 0 unspecified atom stereocenters. The lowest BCUT2D eigenvalue weighted by Crippen LogP contribution is -2.44. The van der Waals surface area contributed by atoms with Gasteiger partial charge in [0.05, 0.1) is 33.0 Å². The zero-order chi connectivity index (χ0) is 26.3. The van der Waals surface area contributed by atoms with Crippen molar-refractivity contribution < 1.29 is 40.3 Å². The molecular formula is C20H20ClN3O8S4. The summed E-state index contributed by atoms with van der Waals surface area (Å²) in [5.74, 6) is -1.73. The van der Waals surface area contributed by atoms with Gasteiger partial charge in [0.2, 0.25) is 11.1 Å². The van der Waals surface area contributed by atoms with Crippen LogP contribution < -0.4 is 14.2 Å². The number of sulfonamides is 1. The standard InChI is InChI=1S/C20H20ClN3O8S4/c1-12(25)22-35(27,28)11-24-15-9-17(21)32-20(15)34-19(24)10-18-23(6-2-3-7-36(29,30)31)14-8-13(26)4-5-16(14)33-18/h4-5,8-10H,2-3,6-7,11H2,1H3,(H2-,22,25,26,29,30,31). The number of hydrogen-bond acceptors (Lipinski definition) is 11. The Balaban J connectivity index is 1.72. The van der Waals surface area contributed by atoms with E-state index in [1.54, 1.807) is 18.2 Å². The van der Waals surface area contributed by atoms with E-state index in [9.17, 15) is 31.3 Å². The van der Waals surface area contributed by atoms with E-state index in [4.69, 9.17) is 16.0 Å². The van der Waals surface area contributed by atoms with E-state index in [2.05, 4.69) is 0 Å². The number of hydrogen-bond donors (Lipinski definition) is 2. The monoisotopic (exact) mass is 593 g/mol. The zero-order valence-corrected chi connectivity index (χ0v) is 22.7. The number of thioether (sulfide) groups is 1. The lowest BCUT2D eigenvalue weighted by Gasteiger charge is -2.20. The molecule has 3 heterocycles. The maximum atomic E-state index is 12.5. The molecule has 0 spiro atoms. The number of fused-ring (bicyclic) bond motifs is 2. The number of thiazole rings is 1. The predicted molar refractivity (Wildman–Crippen MR) is 135 cm³/mol. The predicted octanol–water partition coefficient (Wildman–Crippen LogP) is 2.80. The van der Waals surface area contributed by atoms with Gasteiger partial charge < -0.3 is 19.0 Å². The fourth-order valence-electron chi connectivity index (χ4n) is 3.61. The van der Waals surface area contributed by atoms with Crippen LogP contribution >= 0.6 is 34.7 Å². The molecule has 4 rings (SSSR count). The highest BCUT2D eigenvalue weighted by molar-refractivity contribution is 8.04. The molecule has 0 bridgehead atoms. The van der Waals surface area contributed by atoms with Gasteiger partial charge in [0.1, 0.15) is 5.75 Å². The van der Waals surface area contributed by atoms with Crippen molar-refractivity contribution in [2.24, 2.45) is 0 Å². The van der Waals surface area contributed by atoms with Gasteiger partial charge in [0.25, 0.3) is 31.3 Å². The van der Waals surface area contributed by atoms with Crippen LogP contribution in [0.25, 0.3) is 16.5 Å². The Kier molecular flexibility index (Phi) is 7.60. The van der Waals surface area contributed by atoms with Crippen LogP contribution in [0.5, 0.6) is 5.75 Å². The highest BCUT2D eigenvalue weighted by atomic mass is 35.5. The van der Waals surface area contributed by atoms with Crippen LogP contribution in [0, 0.1) is 0 Å². The van der Waals surface area contributed by atoms with Crippen molar-refractivity contribution in [3.63, 3.8) is 0 Å². The Bertz CT molecular complexity index is 1580. The van der Waals surface area contributed by atoms with Crippen molar-refractivity contribution in [1.29, 1.82) is 0 Å². The first-order valence-corrected chi connectivity index (χ1v) is 15.6. The maximum Gasteiger partial charge on any atom is 0.296 e. The quantitative estimate of drug-likeness (QED) is 0.214. The van der Waals surface area contributed by atoms with Crippen molar-refractivity contribution in [3.05, 3.63) is 39.5 Å². The molecule has 0 radical (unpaired) electrons. The number of nitrogens with one attached hydrogen (secondary N) is 1. The molecule has 0 fully saturated rings. The molecule has 36 heavy (non-hydrogen) atoms. The Labute approximate surface area is 220 Å². The Morgan fingerprint density at radius 2 is 2.03 bits per heavy atom. The van der Waals surface area contributed by atoms with E-state index in [0.717, 1.165) is 23.2 Å². The number of carbonyl (C=O) groups is 1. The molecule has 0 saturated carbocycles. The van der Waals surface area contributed by atoms with Crippen LogP contribution in [0.3, 0.4) is 0 Å². The van der Waals surface area contributed by atoms with Gasteiger partial charge in [-0.15, -0.1) is 0 Å². The summed E-state index contributed by atoms with van der Waals surface area (Å²) in [6.07, 6.45) is 2.28. The van der Waals surface area contributed by atoms with Crippen molar-refractivity contribution in [1.82, 2.24) is 4.72 Å². The summed E-state index contributed by atoms with van der Waals surface area (Å²) < 4.78 is 66.8. The molecule has 0 atom stereocenters. The number of aromatic hydroxyl groups is 1. The molecule has 11 nitrogen and oxygen atoms in total. The fourth-order valence-corrected chi connectivity index (χ4v) is 7.82. The first-order chi connectivity index (χ1) is 16.8. The number of phenolic OH excluding ortho intramolecular Hbond substituents is 1. The summed E-state index contributed by atoms with van der Waals surface area (Å²) >= 11 is 8.50. The van der Waals surface area contributed by atoms with Gasteiger partial charge in [-0.3, -0.25) is 4.79 Å². The largest absolute Gasteiger partial charge is 0.748 e. The summed E-state index contributed by atoms with van der Waals surface area (Å²) in [5.41, 5.74) is 1.12. The number of aromatic nitrogens is 1. The van der Waals surface area contributed by atoms with Gasteiger partial charge in [-0.1, -0.05) is 11.8 Å². The van der Waals surface area contributed by atoms with Gasteiger partial charge in [-0.25, -0.2) is 13.1 Å². The Morgan fingerprint density at radius 3 is 2.72 bits per heavy atom. The number of furan rings is 1. The number of carbonyl (C=O) groups excluding carboxylic acids is 1. The molecule has 0 saturated heterocycles. The summed E-state index contributed by atoms with van der Waals surface area (Å²) in [5, 5.41) is 11.2. The van der Waals surface area contributed by atoms with E-state index in [0.29, 0.717) is 39.1 Å². The highest BCUT2D eigenvalue weighted by Crippen LogP contribution is 2.48. The second kappa shape index (κ2) is 10.2. The van der Waals surface area contributed by atoms with Gasteiger partial charge in [-0.2, -0.15) is 13.0 Å². The average molecular weight is 594 g/mol. The highest BCUT2D eigenvalue weighted by Gasteiger charge is 2.32. The average Bonchev–Trinajstić information content (AvgIpc) is 3.35. The van der Waals surface area contributed by atoms with Crippen LogP contribution in [-0.2, 0) is 30.8 Å². The third-order valence-electron chi connectivity index (χ3n) is 4.99. The number of anilines is 1. The number of rotatable bonds is 9. The van der Waals surface area contributed by atoms with E-state index in [1.807, 2.05) is 9.62 Å². The van der Waals surface area contributed by atoms with Crippen LogP contribution in [0.1, 0.15) is 24.8 Å². The number of halogens is 1. The van der Waals surface area contributed by atoms with Crippen molar-refractivity contribution in [2.75, 3.05) is 17.2 Å². The van der Waals surface area contributed by atoms with Gasteiger partial charge in [0.15, 0.2) is 0 Å². The molecule has 3 aromatic rings. The number of amides is 1. The number of benzene rings is 1. The second-order valence-electron chi connectivity index (χ2n) is 7.85. The molecule has 16 heteroatoms. The lowest BCUT2D eigenvalue weighted by atomic mass is 10.2. The van der Waals surface area contributed by atoms with Gasteiger partial charge >= 0.3 is 0 Å². The maximum absolute atomic E-state index is 12.5. The normalized spacial score (nSPS) is 15.1. The van der Waals surface area contributed by atoms with Crippen LogP contribution in [0.15, 0.2) is 38.6 Å². The van der Waals surface area contributed by atoms with Crippen molar-refractivity contribution in [3.8, 4) is 5.75 Å². The lowest BCUT2D eigenvalue weighted by molar-refractivity contribution is -0.648. The zero-order valence-electron chi connectivity index (χ0n) is 18.6.